The lowest BCUT2D eigenvalue weighted by Crippen LogP contribution is -2.60. The highest BCUT2D eigenvalue weighted by Gasteiger charge is 2.54. The van der Waals surface area contributed by atoms with Gasteiger partial charge in [-0.15, -0.1) is 0 Å². The summed E-state index contributed by atoms with van der Waals surface area (Å²) < 4.78 is 0. The van der Waals surface area contributed by atoms with Crippen LogP contribution in [0.15, 0.2) is 54.6 Å². The van der Waals surface area contributed by atoms with Gasteiger partial charge in [0.1, 0.15) is 11.8 Å². The molecule has 0 bridgehead atoms. The molecule has 4 unspecified atom stereocenters. The second-order valence-electron chi connectivity index (χ2n) is 6.27. The Labute approximate surface area is 146 Å². The standard InChI is InChI=1S/C20H17N3O2/c1-13-7-9-15(10-8-13)20(25)17(12-22)18(14-5-3-2-4-6-14)16(11-21)19(24)23-20/h2-10,16-18,25H,1H3,(H,23,24). The molecule has 4 atom stereocenters. The number of amides is 1. The van der Waals surface area contributed by atoms with Gasteiger partial charge >= 0.3 is 0 Å². The lowest BCUT2D eigenvalue weighted by molar-refractivity contribution is -0.145. The molecule has 5 heteroatoms. The maximum absolute atomic E-state index is 12.5. The molecule has 1 aliphatic rings. The summed E-state index contributed by atoms with van der Waals surface area (Å²) in [6.07, 6.45) is 0. The topological polar surface area (TPSA) is 96.9 Å². The van der Waals surface area contributed by atoms with Crippen LogP contribution in [0.25, 0.3) is 0 Å². The molecule has 0 saturated carbocycles. The van der Waals surface area contributed by atoms with Crippen LogP contribution in [-0.4, -0.2) is 11.0 Å². The van der Waals surface area contributed by atoms with Gasteiger partial charge in [0.05, 0.1) is 12.1 Å². The highest BCUT2D eigenvalue weighted by molar-refractivity contribution is 5.84. The Morgan fingerprint density at radius 2 is 1.68 bits per heavy atom. The van der Waals surface area contributed by atoms with Gasteiger partial charge < -0.3 is 10.4 Å². The summed E-state index contributed by atoms with van der Waals surface area (Å²) >= 11 is 0. The minimum absolute atomic E-state index is 0.426. The fraction of sp³-hybridized carbons (Fsp3) is 0.250. The average molecular weight is 331 g/mol. The zero-order valence-corrected chi connectivity index (χ0v) is 13.7. The van der Waals surface area contributed by atoms with E-state index in [9.17, 15) is 20.4 Å². The minimum Gasteiger partial charge on any atom is -0.366 e. The highest BCUT2D eigenvalue weighted by Crippen LogP contribution is 2.45. The van der Waals surface area contributed by atoms with E-state index in [0.717, 1.165) is 5.56 Å². The Bertz CT molecular complexity index is 865. The normalized spacial score (nSPS) is 28.5. The molecular formula is C20H17N3O2. The van der Waals surface area contributed by atoms with Crippen molar-refractivity contribution in [2.24, 2.45) is 11.8 Å². The van der Waals surface area contributed by atoms with Crippen LogP contribution in [0, 0.1) is 41.4 Å². The summed E-state index contributed by atoms with van der Waals surface area (Å²) in [4.78, 5) is 12.5. The number of nitriles is 2. The van der Waals surface area contributed by atoms with Crippen molar-refractivity contribution in [3.8, 4) is 12.1 Å². The summed E-state index contributed by atoms with van der Waals surface area (Å²) in [6, 6.07) is 20.0. The summed E-state index contributed by atoms with van der Waals surface area (Å²) in [5.74, 6) is -3.35. The van der Waals surface area contributed by atoms with Crippen LogP contribution in [0.3, 0.4) is 0 Å². The van der Waals surface area contributed by atoms with Crippen molar-refractivity contribution >= 4 is 5.91 Å². The predicted molar refractivity (Wildman–Crippen MR) is 90.6 cm³/mol. The first-order chi connectivity index (χ1) is 12.0. The fourth-order valence-electron chi connectivity index (χ4n) is 3.39. The van der Waals surface area contributed by atoms with E-state index in [0.29, 0.717) is 11.1 Å². The minimum atomic E-state index is -1.85. The quantitative estimate of drug-likeness (QED) is 0.882. The number of aryl methyl sites for hydroxylation is 1. The van der Waals surface area contributed by atoms with Gasteiger partial charge in [0.25, 0.3) is 0 Å². The Morgan fingerprint density at radius 3 is 2.24 bits per heavy atom. The third kappa shape index (κ3) is 2.76. The number of carbonyl (C=O) groups is 1. The number of piperidine rings is 1. The molecule has 3 rings (SSSR count). The molecule has 25 heavy (non-hydrogen) atoms. The van der Waals surface area contributed by atoms with Gasteiger partial charge in [-0.1, -0.05) is 60.2 Å². The van der Waals surface area contributed by atoms with Gasteiger partial charge in [-0.2, -0.15) is 10.5 Å². The van der Waals surface area contributed by atoms with Crippen molar-refractivity contribution in [3.63, 3.8) is 0 Å². The lowest BCUT2D eigenvalue weighted by Gasteiger charge is -2.43. The van der Waals surface area contributed by atoms with Crippen molar-refractivity contribution in [1.29, 1.82) is 10.5 Å². The van der Waals surface area contributed by atoms with Crippen molar-refractivity contribution in [3.05, 3.63) is 71.3 Å². The molecule has 1 aliphatic heterocycles. The first-order valence-electron chi connectivity index (χ1n) is 7.97. The third-order valence-corrected chi connectivity index (χ3v) is 4.72. The molecule has 0 spiro atoms. The number of nitrogens with zero attached hydrogens (tertiary/aromatic N) is 2. The van der Waals surface area contributed by atoms with Crippen molar-refractivity contribution in [2.45, 2.75) is 18.6 Å². The molecule has 2 aromatic carbocycles. The molecule has 0 aromatic heterocycles. The summed E-state index contributed by atoms with van der Waals surface area (Å²) in [5, 5.41) is 33.0. The summed E-state index contributed by atoms with van der Waals surface area (Å²) in [5.41, 5.74) is 0.252. The second kappa shape index (κ2) is 6.39. The summed E-state index contributed by atoms with van der Waals surface area (Å²) in [6.45, 7) is 1.91. The molecule has 2 N–H and O–H groups in total. The number of nitrogens with one attached hydrogen (secondary N) is 1. The molecule has 5 nitrogen and oxygen atoms in total. The maximum Gasteiger partial charge on any atom is 0.240 e. The van der Waals surface area contributed by atoms with Crippen molar-refractivity contribution in [2.75, 3.05) is 0 Å². The second-order valence-corrected chi connectivity index (χ2v) is 6.27. The molecule has 1 heterocycles. The van der Waals surface area contributed by atoms with Gasteiger partial charge in [0, 0.05) is 11.5 Å². The fourth-order valence-corrected chi connectivity index (χ4v) is 3.39. The number of benzene rings is 2. The smallest absolute Gasteiger partial charge is 0.240 e. The molecule has 1 fully saturated rings. The van der Waals surface area contributed by atoms with E-state index in [4.69, 9.17) is 0 Å². The maximum atomic E-state index is 12.5. The van der Waals surface area contributed by atoms with E-state index in [1.807, 2.05) is 31.2 Å². The molecule has 1 saturated heterocycles. The molecule has 0 aliphatic carbocycles. The van der Waals surface area contributed by atoms with Gasteiger partial charge in [0.15, 0.2) is 5.72 Å². The van der Waals surface area contributed by atoms with E-state index in [1.54, 1.807) is 36.4 Å². The van der Waals surface area contributed by atoms with E-state index >= 15 is 0 Å². The van der Waals surface area contributed by atoms with E-state index in [-0.39, 0.29) is 0 Å². The van der Waals surface area contributed by atoms with Gasteiger partial charge in [-0.25, -0.2) is 0 Å². The van der Waals surface area contributed by atoms with Gasteiger partial charge in [-0.3, -0.25) is 4.79 Å². The predicted octanol–water partition coefficient (Wildman–Crippen LogP) is 2.33. The lowest BCUT2D eigenvalue weighted by atomic mass is 9.68. The number of rotatable bonds is 2. The number of aliphatic hydroxyl groups is 1. The largest absolute Gasteiger partial charge is 0.366 e. The van der Waals surface area contributed by atoms with E-state index in [1.165, 1.54) is 0 Å². The first-order valence-corrected chi connectivity index (χ1v) is 7.97. The number of hydrogen-bond acceptors (Lipinski definition) is 4. The zero-order chi connectivity index (χ0) is 18.0. The van der Waals surface area contributed by atoms with E-state index in [2.05, 4.69) is 11.4 Å². The molecule has 124 valence electrons. The Morgan fingerprint density at radius 1 is 1.04 bits per heavy atom. The first kappa shape index (κ1) is 16.7. The van der Waals surface area contributed by atoms with Crippen LogP contribution in [0.1, 0.15) is 22.6 Å². The molecule has 1 amide bonds. The van der Waals surface area contributed by atoms with Gasteiger partial charge in [-0.05, 0) is 12.5 Å². The van der Waals surface area contributed by atoms with Crippen molar-refractivity contribution < 1.29 is 9.90 Å². The Kier molecular flexibility index (Phi) is 4.27. The molecule has 2 aromatic rings. The third-order valence-electron chi connectivity index (χ3n) is 4.72. The van der Waals surface area contributed by atoms with Crippen LogP contribution in [0.2, 0.25) is 0 Å². The number of hydrogen-bond donors (Lipinski definition) is 2. The number of carbonyl (C=O) groups excluding carboxylic acids is 1. The van der Waals surface area contributed by atoms with Crippen LogP contribution >= 0.6 is 0 Å². The Balaban J connectivity index is 2.16. The SMILES string of the molecule is Cc1ccc(C2(O)NC(=O)C(C#N)C(c3ccccc3)C2C#N)cc1. The Hall–Kier alpha value is -3.15. The van der Waals surface area contributed by atoms with Crippen LogP contribution in [-0.2, 0) is 10.5 Å². The zero-order valence-electron chi connectivity index (χ0n) is 13.7. The molecule has 0 radical (unpaired) electrons. The average Bonchev–Trinajstić information content (AvgIpc) is 2.62. The monoisotopic (exact) mass is 331 g/mol. The van der Waals surface area contributed by atoms with Crippen LogP contribution in [0.4, 0.5) is 0 Å². The van der Waals surface area contributed by atoms with Crippen LogP contribution in [0.5, 0.6) is 0 Å². The van der Waals surface area contributed by atoms with E-state index < -0.39 is 29.4 Å². The molecular weight excluding hydrogens is 314 g/mol. The van der Waals surface area contributed by atoms with Crippen LogP contribution < -0.4 is 5.32 Å². The van der Waals surface area contributed by atoms with Gasteiger partial charge in [0.2, 0.25) is 5.91 Å². The van der Waals surface area contributed by atoms with Crippen molar-refractivity contribution in [1.82, 2.24) is 5.32 Å². The highest BCUT2D eigenvalue weighted by atomic mass is 16.3. The summed E-state index contributed by atoms with van der Waals surface area (Å²) in [7, 11) is 0.